The summed E-state index contributed by atoms with van der Waals surface area (Å²) in [5.74, 6) is 0.373. The van der Waals surface area contributed by atoms with Gasteiger partial charge in [-0.1, -0.05) is 54.1 Å². The summed E-state index contributed by atoms with van der Waals surface area (Å²) < 4.78 is 10.6. The molecule has 7 heteroatoms. The molecule has 0 radical (unpaired) electrons. The number of ketones is 1. The van der Waals surface area contributed by atoms with Gasteiger partial charge in [0, 0.05) is 10.6 Å². The normalized spacial score (nSPS) is 18.7. The third-order valence-electron chi connectivity index (χ3n) is 5.78. The number of halogens is 1. The van der Waals surface area contributed by atoms with Crippen LogP contribution in [0, 0.1) is 0 Å². The van der Waals surface area contributed by atoms with Gasteiger partial charge in [-0.2, -0.15) is 0 Å². The summed E-state index contributed by atoms with van der Waals surface area (Å²) in [5.41, 5.74) is 0.698. The Morgan fingerprint density at radius 2 is 1.82 bits per heavy atom. The molecule has 1 atom stereocenters. The number of ether oxygens (including phenoxy) is 2. The smallest absolute Gasteiger partial charge is 0.264 e. The largest absolute Gasteiger partial charge is 0.454 e. The van der Waals surface area contributed by atoms with Gasteiger partial charge >= 0.3 is 0 Å². The fraction of sp³-hybridized carbons (Fsp3) is 0.154. The molecule has 2 aliphatic rings. The van der Waals surface area contributed by atoms with Gasteiger partial charge in [-0.05, 0) is 47.5 Å². The van der Waals surface area contributed by atoms with E-state index in [1.165, 1.54) is 11.0 Å². The van der Waals surface area contributed by atoms with Crippen molar-refractivity contribution >= 4 is 35.1 Å². The van der Waals surface area contributed by atoms with Gasteiger partial charge in [-0.15, -0.1) is 0 Å². The number of rotatable bonds is 6. The molecular formula is C26H20ClNO5. The third kappa shape index (κ3) is 3.99. The fourth-order valence-corrected chi connectivity index (χ4v) is 4.25. The van der Waals surface area contributed by atoms with E-state index in [0.717, 1.165) is 11.1 Å². The van der Waals surface area contributed by atoms with Crippen molar-refractivity contribution in [2.24, 2.45) is 0 Å². The highest BCUT2D eigenvalue weighted by Gasteiger charge is 2.50. The zero-order valence-corrected chi connectivity index (χ0v) is 18.3. The molecule has 2 heterocycles. The Hall–Kier alpha value is -3.61. The standard InChI is InChI=1S/C26H20ClNO5/c27-19-9-5-18(6-10-19)15-28-22-4-2-1-3-21(22)26(31,25(28)30)14-20(29)11-7-17-8-12-23-24(13-17)33-16-32-23/h1-13,31H,14-16H2/b11-7+/t26-/m1/s1. The first-order chi connectivity index (χ1) is 15.9. The minimum Gasteiger partial charge on any atom is -0.454 e. The monoisotopic (exact) mass is 461 g/mol. The van der Waals surface area contributed by atoms with Crippen LogP contribution in [0.5, 0.6) is 11.5 Å². The Morgan fingerprint density at radius 3 is 2.64 bits per heavy atom. The fourth-order valence-electron chi connectivity index (χ4n) is 4.12. The van der Waals surface area contributed by atoms with Crippen LogP contribution in [0.15, 0.2) is 72.8 Å². The molecule has 33 heavy (non-hydrogen) atoms. The van der Waals surface area contributed by atoms with E-state index in [0.29, 0.717) is 27.8 Å². The molecule has 166 valence electrons. The summed E-state index contributed by atoms with van der Waals surface area (Å²) in [6, 6.07) is 19.5. The van der Waals surface area contributed by atoms with Crippen LogP contribution in [0.25, 0.3) is 6.08 Å². The zero-order valence-electron chi connectivity index (χ0n) is 17.5. The van der Waals surface area contributed by atoms with Crippen molar-refractivity contribution in [2.75, 3.05) is 11.7 Å². The SMILES string of the molecule is O=C(/C=C/c1ccc2c(c1)OCO2)C[C@]1(O)C(=O)N(Cc2ccc(Cl)cc2)c2ccccc21. The molecule has 6 nitrogen and oxygen atoms in total. The topological polar surface area (TPSA) is 76.1 Å². The summed E-state index contributed by atoms with van der Waals surface area (Å²) in [4.78, 5) is 27.6. The van der Waals surface area contributed by atoms with Crippen molar-refractivity contribution in [1.82, 2.24) is 0 Å². The number of anilines is 1. The molecule has 3 aromatic carbocycles. The Balaban J connectivity index is 1.37. The van der Waals surface area contributed by atoms with Crippen LogP contribution < -0.4 is 14.4 Å². The van der Waals surface area contributed by atoms with E-state index >= 15 is 0 Å². The first kappa shape index (κ1) is 21.2. The molecule has 0 aliphatic carbocycles. The number of carbonyl (C=O) groups excluding carboxylic acids is 2. The molecule has 0 aromatic heterocycles. The average molecular weight is 462 g/mol. The number of fused-ring (bicyclic) bond motifs is 2. The van der Waals surface area contributed by atoms with Crippen molar-refractivity contribution in [1.29, 1.82) is 0 Å². The van der Waals surface area contributed by atoms with E-state index in [1.54, 1.807) is 60.7 Å². The molecule has 0 bridgehead atoms. The van der Waals surface area contributed by atoms with Gasteiger partial charge in [0.2, 0.25) is 6.79 Å². The minimum atomic E-state index is -1.93. The van der Waals surface area contributed by atoms with E-state index in [1.807, 2.05) is 12.1 Å². The van der Waals surface area contributed by atoms with Gasteiger partial charge < -0.3 is 19.5 Å². The lowest BCUT2D eigenvalue weighted by molar-refractivity contribution is -0.140. The van der Waals surface area contributed by atoms with E-state index in [-0.39, 0.29) is 25.5 Å². The number of hydrogen-bond donors (Lipinski definition) is 1. The summed E-state index contributed by atoms with van der Waals surface area (Å²) in [5, 5.41) is 12.0. The maximum Gasteiger partial charge on any atom is 0.264 e. The van der Waals surface area contributed by atoms with Crippen LogP contribution in [0.3, 0.4) is 0 Å². The van der Waals surface area contributed by atoms with Crippen LogP contribution in [0.4, 0.5) is 5.69 Å². The Kier molecular flexibility index (Phi) is 5.40. The van der Waals surface area contributed by atoms with Crippen molar-refractivity contribution in [3.8, 4) is 11.5 Å². The predicted molar refractivity (Wildman–Crippen MR) is 124 cm³/mol. The third-order valence-corrected chi connectivity index (χ3v) is 6.03. The van der Waals surface area contributed by atoms with Crippen LogP contribution in [-0.2, 0) is 21.7 Å². The molecule has 0 fully saturated rings. The number of benzene rings is 3. The van der Waals surface area contributed by atoms with Gasteiger partial charge in [0.25, 0.3) is 5.91 Å². The van der Waals surface area contributed by atoms with Crippen molar-refractivity contribution < 1.29 is 24.2 Å². The summed E-state index contributed by atoms with van der Waals surface area (Å²) in [6.45, 7) is 0.430. The van der Waals surface area contributed by atoms with Crippen molar-refractivity contribution in [2.45, 2.75) is 18.6 Å². The van der Waals surface area contributed by atoms with Gasteiger partial charge in [-0.25, -0.2) is 0 Å². The van der Waals surface area contributed by atoms with E-state index in [9.17, 15) is 14.7 Å². The number of nitrogens with zero attached hydrogens (tertiary/aromatic N) is 1. The van der Waals surface area contributed by atoms with E-state index in [2.05, 4.69) is 0 Å². The average Bonchev–Trinajstić information content (AvgIpc) is 3.36. The maximum absolute atomic E-state index is 13.3. The molecule has 3 aromatic rings. The lowest BCUT2D eigenvalue weighted by atomic mass is 9.89. The highest BCUT2D eigenvalue weighted by atomic mass is 35.5. The minimum absolute atomic E-state index is 0.169. The number of hydrogen-bond acceptors (Lipinski definition) is 5. The lowest BCUT2D eigenvalue weighted by Gasteiger charge is -2.22. The molecular weight excluding hydrogens is 442 g/mol. The second-order valence-corrected chi connectivity index (χ2v) is 8.42. The summed E-state index contributed by atoms with van der Waals surface area (Å²) in [7, 11) is 0. The first-order valence-corrected chi connectivity index (χ1v) is 10.8. The summed E-state index contributed by atoms with van der Waals surface area (Å²) >= 11 is 5.96. The van der Waals surface area contributed by atoms with Crippen molar-refractivity contribution in [3.63, 3.8) is 0 Å². The highest BCUT2D eigenvalue weighted by Crippen LogP contribution is 2.43. The molecule has 1 N–H and O–H groups in total. The number of allylic oxidation sites excluding steroid dienone is 1. The van der Waals surface area contributed by atoms with E-state index in [4.69, 9.17) is 21.1 Å². The first-order valence-electron chi connectivity index (χ1n) is 10.4. The lowest BCUT2D eigenvalue weighted by Crippen LogP contribution is -2.41. The van der Waals surface area contributed by atoms with Gasteiger partial charge in [-0.3, -0.25) is 9.59 Å². The molecule has 5 rings (SSSR count). The van der Waals surface area contributed by atoms with Gasteiger partial charge in [0.05, 0.1) is 18.7 Å². The van der Waals surface area contributed by atoms with E-state index < -0.39 is 11.5 Å². The van der Waals surface area contributed by atoms with Crippen molar-refractivity contribution in [3.05, 3.63) is 94.5 Å². The quantitative estimate of drug-likeness (QED) is 0.548. The van der Waals surface area contributed by atoms with Crippen LogP contribution >= 0.6 is 11.6 Å². The maximum atomic E-state index is 13.3. The van der Waals surface area contributed by atoms with Crippen LogP contribution in [-0.4, -0.2) is 23.6 Å². The molecule has 1 amide bonds. The second-order valence-electron chi connectivity index (χ2n) is 7.98. The predicted octanol–water partition coefficient (Wildman–Crippen LogP) is 4.48. The Bertz CT molecular complexity index is 1270. The number of para-hydroxylation sites is 1. The Labute approximate surface area is 195 Å². The Morgan fingerprint density at radius 1 is 1.06 bits per heavy atom. The molecule has 0 saturated heterocycles. The number of amides is 1. The second kappa shape index (κ2) is 8.39. The summed E-state index contributed by atoms with van der Waals surface area (Å²) in [6.07, 6.45) is 2.64. The number of aliphatic hydroxyl groups is 1. The van der Waals surface area contributed by atoms with Gasteiger partial charge in [0.1, 0.15) is 0 Å². The number of carbonyl (C=O) groups is 2. The highest BCUT2D eigenvalue weighted by molar-refractivity contribution is 6.30. The van der Waals surface area contributed by atoms with Crippen LogP contribution in [0.1, 0.15) is 23.1 Å². The van der Waals surface area contributed by atoms with Crippen LogP contribution in [0.2, 0.25) is 5.02 Å². The molecule has 0 unspecified atom stereocenters. The molecule has 0 saturated carbocycles. The van der Waals surface area contributed by atoms with Gasteiger partial charge in [0.15, 0.2) is 22.9 Å². The molecule has 2 aliphatic heterocycles. The zero-order chi connectivity index (χ0) is 23.0. The molecule has 0 spiro atoms.